The average Bonchev–Trinajstić information content (AvgIpc) is 2.92. The lowest BCUT2D eigenvalue weighted by Crippen LogP contribution is -2.49. The number of rotatable bonds is 7. The van der Waals surface area contributed by atoms with Crippen molar-refractivity contribution in [3.8, 4) is 0 Å². The Labute approximate surface area is 118 Å². The second kappa shape index (κ2) is 8.23. The summed E-state index contributed by atoms with van der Waals surface area (Å²) in [7, 11) is 0. The first kappa shape index (κ1) is 15.3. The number of nitrogens with one attached hydrogen (secondary N) is 1. The van der Waals surface area contributed by atoms with Gasteiger partial charge in [-0.3, -0.25) is 4.90 Å². The molecule has 0 aromatic heterocycles. The van der Waals surface area contributed by atoms with Gasteiger partial charge in [0.15, 0.2) is 0 Å². The van der Waals surface area contributed by atoms with E-state index >= 15 is 0 Å². The van der Waals surface area contributed by atoms with Gasteiger partial charge >= 0.3 is 0 Å². The molecule has 2 N–H and O–H groups in total. The predicted octanol–water partition coefficient (Wildman–Crippen LogP) is 2.39. The Hall–Kier alpha value is -0.120. The molecule has 0 aromatic rings. The molecule has 1 aliphatic carbocycles. The Morgan fingerprint density at radius 3 is 2.63 bits per heavy atom. The largest absolute Gasteiger partial charge is 0.392 e. The number of aliphatic hydroxyl groups is 1. The lowest BCUT2D eigenvalue weighted by molar-refractivity contribution is 0.0628. The van der Waals surface area contributed by atoms with E-state index in [0.717, 1.165) is 32.0 Å². The van der Waals surface area contributed by atoms with Gasteiger partial charge in [0.05, 0.1) is 6.10 Å². The van der Waals surface area contributed by atoms with Crippen molar-refractivity contribution in [1.82, 2.24) is 10.2 Å². The van der Waals surface area contributed by atoms with Crippen LogP contribution in [0.3, 0.4) is 0 Å². The van der Waals surface area contributed by atoms with Crippen LogP contribution in [0.5, 0.6) is 0 Å². The molecule has 1 saturated heterocycles. The highest BCUT2D eigenvalue weighted by molar-refractivity contribution is 4.81. The molecule has 0 radical (unpaired) electrons. The second-order valence-corrected chi connectivity index (χ2v) is 6.54. The normalized spacial score (nSPS) is 27.0. The van der Waals surface area contributed by atoms with Crippen molar-refractivity contribution in [1.29, 1.82) is 0 Å². The molecule has 0 aromatic carbocycles. The van der Waals surface area contributed by atoms with E-state index in [1.54, 1.807) is 0 Å². The van der Waals surface area contributed by atoms with Crippen molar-refractivity contribution >= 4 is 0 Å². The molecule has 1 aliphatic heterocycles. The summed E-state index contributed by atoms with van der Waals surface area (Å²) in [6.07, 6.45) is 10.1. The van der Waals surface area contributed by atoms with Gasteiger partial charge < -0.3 is 10.4 Å². The summed E-state index contributed by atoms with van der Waals surface area (Å²) in [6.45, 7) is 6.54. The van der Waals surface area contributed by atoms with Crippen molar-refractivity contribution in [2.24, 2.45) is 5.92 Å². The molecule has 1 heterocycles. The second-order valence-electron chi connectivity index (χ2n) is 6.54. The fourth-order valence-corrected chi connectivity index (χ4v) is 3.83. The quantitative estimate of drug-likeness (QED) is 0.744. The Bertz CT molecular complexity index is 235. The molecule has 2 fully saturated rings. The van der Waals surface area contributed by atoms with E-state index in [2.05, 4.69) is 17.1 Å². The molecule has 112 valence electrons. The molecule has 0 spiro atoms. The summed E-state index contributed by atoms with van der Waals surface area (Å²) in [5.74, 6) is 0.794. The topological polar surface area (TPSA) is 35.5 Å². The molecule has 2 atom stereocenters. The predicted molar refractivity (Wildman–Crippen MR) is 80.3 cm³/mol. The van der Waals surface area contributed by atoms with Gasteiger partial charge in [0.25, 0.3) is 0 Å². The highest BCUT2D eigenvalue weighted by Crippen LogP contribution is 2.29. The van der Waals surface area contributed by atoms with Crippen molar-refractivity contribution in [2.45, 2.75) is 70.4 Å². The third kappa shape index (κ3) is 5.05. The van der Waals surface area contributed by atoms with Crippen LogP contribution in [0.4, 0.5) is 0 Å². The van der Waals surface area contributed by atoms with Crippen LogP contribution >= 0.6 is 0 Å². The SMILES string of the molecule is CCCN(CC(O)CC1CCCC1)C1CCCNC1. The van der Waals surface area contributed by atoms with Crippen LogP contribution in [0.2, 0.25) is 0 Å². The van der Waals surface area contributed by atoms with E-state index < -0.39 is 0 Å². The molecule has 0 bridgehead atoms. The third-order valence-corrected chi connectivity index (χ3v) is 4.82. The summed E-state index contributed by atoms with van der Waals surface area (Å²) in [5, 5.41) is 13.9. The summed E-state index contributed by atoms with van der Waals surface area (Å²) in [6, 6.07) is 0.645. The summed E-state index contributed by atoms with van der Waals surface area (Å²) in [5.41, 5.74) is 0. The Balaban J connectivity index is 1.77. The van der Waals surface area contributed by atoms with Crippen molar-refractivity contribution in [2.75, 3.05) is 26.2 Å². The van der Waals surface area contributed by atoms with Gasteiger partial charge in [-0.2, -0.15) is 0 Å². The Kier molecular flexibility index (Phi) is 6.62. The monoisotopic (exact) mass is 268 g/mol. The number of hydrogen-bond acceptors (Lipinski definition) is 3. The Morgan fingerprint density at radius 1 is 1.21 bits per heavy atom. The van der Waals surface area contributed by atoms with Crippen LogP contribution < -0.4 is 5.32 Å². The smallest absolute Gasteiger partial charge is 0.0669 e. The van der Waals surface area contributed by atoms with Gasteiger partial charge in [0.2, 0.25) is 0 Å². The summed E-state index contributed by atoms with van der Waals surface area (Å²) in [4.78, 5) is 2.53. The van der Waals surface area contributed by atoms with Crippen LogP contribution in [0.1, 0.15) is 58.3 Å². The van der Waals surface area contributed by atoms with E-state index in [4.69, 9.17) is 0 Å². The van der Waals surface area contributed by atoms with Gasteiger partial charge in [0, 0.05) is 19.1 Å². The number of aliphatic hydroxyl groups excluding tert-OH is 1. The lowest BCUT2D eigenvalue weighted by atomic mass is 9.98. The highest BCUT2D eigenvalue weighted by atomic mass is 16.3. The molecule has 0 amide bonds. The molecule has 2 aliphatic rings. The summed E-state index contributed by atoms with van der Waals surface area (Å²) < 4.78 is 0. The van der Waals surface area contributed by atoms with E-state index in [0.29, 0.717) is 6.04 Å². The summed E-state index contributed by atoms with van der Waals surface area (Å²) >= 11 is 0. The zero-order valence-corrected chi connectivity index (χ0v) is 12.6. The van der Waals surface area contributed by atoms with Gasteiger partial charge in [-0.05, 0) is 44.7 Å². The minimum absolute atomic E-state index is 0.114. The van der Waals surface area contributed by atoms with Crippen LogP contribution in [-0.4, -0.2) is 48.3 Å². The van der Waals surface area contributed by atoms with E-state index in [1.807, 2.05) is 0 Å². The van der Waals surface area contributed by atoms with Crippen LogP contribution in [0.25, 0.3) is 0 Å². The van der Waals surface area contributed by atoms with Crippen molar-refractivity contribution in [3.63, 3.8) is 0 Å². The maximum Gasteiger partial charge on any atom is 0.0669 e. The molecule has 19 heavy (non-hydrogen) atoms. The molecular formula is C16H32N2O. The minimum atomic E-state index is -0.114. The first-order valence-corrected chi connectivity index (χ1v) is 8.42. The first-order valence-electron chi connectivity index (χ1n) is 8.42. The molecule has 2 unspecified atom stereocenters. The van der Waals surface area contributed by atoms with Crippen LogP contribution in [-0.2, 0) is 0 Å². The number of nitrogens with zero attached hydrogens (tertiary/aromatic N) is 1. The third-order valence-electron chi connectivity index (χ3n) is 4.82. The minimum Gasteiger partial charge on any atom is -0.392 e. The molecular weight excluding hydrogens is 236 g/mol. The first-order chi connectivity index (χ1) is 9.29. The van der Waals surface area contributed by atoms with Crippen LogP contribution in [0.15, 0.2) is 0 Å². The zero-order chi connectivity index (χ0) is 13.5. The maximum absolute atomic E-state index is 10.4. The van der Waals surface area contributed by atoms with E-state index in [1.165, 1.54) is 51.5 Å². The number of hydrogen-bond donors (Lipinski definition) is 2. The molecule has 3 heteroatoms. The van der Waals surface area contributed by atoms with Gasteiger partial charge in [-0.25, -0.2) is 0 Å². The standard InChI is InChI=1S/C16H32N2O/c1-2-10-18(15-8-5-9-17-12-15)13-16(19)11-14-6-3-4-7-14/h14-17,19H,2-13H2,1H3. The van der Waals surface area contributed by atoms with Crippen molar-refractivity contribution in [3.05, 3.63) is 0 Å². The molecule has 3 nitrogen and oxygen atoms in total. The number of piperidine rings is 1. The van der Waals surface area contributed by atoms with Crippen LogP contribution in [0, 0.1) is 5.92 Å². The highest BCUT2D eigenvalue weighted by Gasteiger charge is 2.24. The van der Waals surface area contributed by atoms with Gasteiger partial charge in [-0.1, -0.05) is 32.6 Å². The maximum atomic E-state index is 10.4. The fourth-order valence-electron chi connectivity index (χ4n) is 3.83. The van der Waals surface area contributed by atoms with Gasteiger partial charge in [0.1, 0.15) is 0 Å². The van der Waals surface area contributed by atoms with Gasteiger partial charge in [-0.15, -0.1) is 0 Å². The van der Waals surface area contributed by atoms with E-state index in [9.17, 15) is 5.11 Å². The van der Waals surface area contributed by atoms with E-state index in [-0.39, 0.29) is 6.10 Å². The lowest BCUT2D eigenvalue weighted by Gasteiger charge is -2.36. The van der Waals surface area contributed by atoms with Crippen molar-refractivity contribution < 1.29 is 5.11 Å². The molecule has 2 rings (SSSR count). The fraction of sp³-hybridized carbons (Fsp3) is 1.00. The zero-order valence-electron chi connectivity index (χ0n) is 12.6. The molecule has 1 saturated carbocycles. The average molecular weight is 268 g/mol. The Morgan fingerprint density at radius 2 is 2.00 bits per heavy atom.